The highest BCUT2D eigenvalue weighted by atomic mass is 16.5. The highest BCUT2D eigenvalue weighted by Crippen LogP contribution is 2.39. The van der Waals surface area contributed by atoms with Crippen molar-refractivity contribution in [2.24, 2.45) is 35.5 Å². The number of carbonyl (C=O) groups is 8. The lowest BCUT2D eigenvalue weighted by molar-refractivity contribution is -0.151. The third-order valence-corrected chi connectivity index (χ3v) is 10.4. The first-order chi connectivity index (χ1) is 23.1. The molecule has 6 rings (SSSR count). The molecule has 2 saturated carbocycles. The standard InChI is InChI=1S/C36H34O10.CH4O/c1-46-36(45)24-9-5-4-8-21(24)31(40)28-33(42)23-13-11-18(15-26(23)35(28)44)29(38)17-10-12-22-25(14-17)34(43)27(32(22)41)30(39)20-7-3-2-6-19(20)16-37;1-2/h10-15,19-21,24,27-28,37H,2-9,16H2,1H3;2H,1H3/t19-,20?,21?,24+,27?,28?;/m0./s1. The molecule has 0 saturated heterocycles. The van der Waals surface area contributed by atoms with E-state index in [2.05, 4.69) is 0 Å². The Morgan fingerprint density at radius 1 is 0.625 bits per heavy atom. The Kier molecular flexibility index (Phi) is 10.4. The molecule has 0 aliphatic heterocycles. The van der Waals surface area contributed by atoms with Crippen molar-refractivity contribution in [3.8, 4) is 0 Å². The summed E-state index contributed by atoms with van der Waals surface area (Å²) in [5.74, 6) is -10.4. The molecule has 4 aliphatic rings. The lowest BCUT2D eigenvalue weighted by Gasteiger charge is -2.30. The van der Waals surface area contributed by atoms with E-state index in [0.717, 1.165) is 26.4 Å². The number of ether oxygens (including phenoxy) is 1. The van der Waals surface area contributed by atoms with Crippen molar-refractivity contribution >= 4 is 46.5 Å². The number of aliphatic hydroxyl groups is 2. The van der Waals surface area contributed by atoms with Crippen LogP contribution in [0.3, 0.4) is 0 Å². The SMILES string of the molecule is CO.COC(=O)[C@@H]1CCCCC1C(=O)C1C(=O)c2ccc(C(=O)c3ccc4c(c3)C(=O)C(C(=O)C3CCCC[C@H]3CO)C4=O)cc2C1=O. The fourth-order valence-corrected chi connectivity index (χ4v) is 7.89. The third kappa shape index (κ3) is 5.90. The van der Waals surface area contributed by atoms with Gasteiger partial charge in [-0.1, -0.05) is 37.8 Å². The Balaban J connectivity index is 0.00000221. The average molecular weight is 659 g/mol. The number of methoxy groups -OCH3 is 1. The molecule has 0 aromatic heterocycles. The summed E-state index contributed by atoms with van der Waals surface area (Å²) in [6.07, 6.45) is 4.98. The normalized spacial score (nSPS) is 26.2. The number of hydrogen-bond donors (Lipinski definition) is 2. The third-order valence-electron chi connectivity index (χ3n) is 10.4. The molecule has 6 atom stereocenters. The molecule has 2 aromatic rings. The Morgan fingerprint density at radius 3 is 1.52 bits per heavy atom. The Bertz CT molecular complexity index is 1720. The smallest absolute Gasteiger partial charge is 0.309 e. The van der Waals surface area contributed by atoms with Gasteiger partial charge in [0.2, 0.25) is 0 Å². The number of hydrogen-bond acceptors (Lipinski definition) is 11. The number of Topliss-reactive ketones (excluding diaryl/α,β-unsaturated/α-hetero) is 6. The number of ketones is 7. The summed E-state index contributed by atoms with van der Waals surface area (Å²) in [5.41, 5.74) is 0.0623. The van der Waals surface area contributed by atoms with Gasteiger partial charge in [0.15, 0.2) is 40.5 Å². The van der Waals surface area contributed by atoms with Gasteiger partial charge in [0, 0.05) is 58.9 Å². The van der Waals surface area contributed by atoms with Gasteiger partial charge in [0.25, 0.3) is 0 Å². The highest BCUT2D eigenvalue weighted by Gasteiger charge is 2.50. The van der Waals surface area contributed by atoms with Gasteiger partial charge in [-0.15, -0.1) is 0 Å². The number of esters is 1. The fourth-order valence-electron chi connectivity index (χ4n) is 7.89. The minimum absolute atomic E-state index is 0.0188. The molecule has 2 fully saturated rings. The van der Waals surface area contributed by atoms with Crippen LogP contribution in [0, 0.1) is 35.5 Å². The first-order valence-electron chi connectivity index (χ1n) is 16.3. The fraction of sp³-hybridized carbons (Fsp3) is 0.459. The van der Waals surface area contributed by atoms with E-state index in [-0.39, 0.29) is 45.9 Å². The molecule has 0 spiro atoms. The van der Waals surface area contributed by atoms with Gasteiger partial charge in [0.05, 0.1) is 13.0 Å². The number of aliphatic hydroxyl groups excluding tert-OH is 2. The molecule has 4 aliphatic carbocycles. The van der Waals surface area contributed by atoms with Gasteiger partial charge in [-0.2, -0.15) is 0 Å². The van der Waals surface area contributed by atoms with Crippen LogP contribution in [0.1, 0.15) is 109 Å². The molecule has 0 radical (unpaired) electrons. The lowest BCUT2D eigenvalue weighted by atomic mass is 9.73. The molecule has 11 heteroatoms. The van der Waals surface area contributed by atoms with Crippen LogP contribution in [0.15, 0.2) is 36.4 Å². The predicted octanol–water partition coefficient (Wildman–Crippen LogP) is 3.43. The molecular formula is C37H38O11. The van der Waals surface area contributed by atoms with E-state index in [1.165, 1.54) is 43.5 Å². The van der Waals surface area contributed by atoms with Crippen LogP contribution >= 0.6 is 0 Å². The van der Waals surface area contributed by atoms with Crippen molar-refractivity contribution in [1.82, 2.24) is 0 Å². The van der Waals surface area contributed by atoms with Crippen LogP contribution in [0.25, 0.3) is 0 Å². The van der Waals surface area contributed by atoms with Crippen molar-refractivity contribution in [2.45, 2.75) is 51.4 Å². The molecule has 252 valence electrons. The maximum absolute atomic E-state index is 13.6. The first kappa shape index (κ1) is 34.8. The molecule has 2 aromatic carbocycles. The van der Waals surface area contributed by atoms with Crippen molar-refractivity contribution < 1.29 is 53.3 Å². The minimum Gasteiger partial charge on any atom is -0.469 e. The van der Waals surface area contributed by atoms with Gasteiger partial charge >= 0.3 is 5.97 Å². The summed E-state index contributed by atoms with van der Waals surface area (Å²) in [6.45, 7) is -0.199. The van der Waals surface area contributed by atoms with E-state index in [9.17, 15) is 43.5 Å². The lowest BCUT2D eigenvalue weighted by Crippen LogP contribution is -2.39. The van der Waals surface area contributed by atoms with Gasteiger partial charge in [-0.05, 0) is 55.9 Å². The van der Waals surface area contributed by atoms with Gasteiger partial charge < -0.3 is 14.9 Å². The predicted molar refractivity (Wildman–Crippen MR) is 169 cm³/mol. The maximum Gasteiger partial charge on any atom is 0.309 e. The van der Waals surface area contributed by atoms with Crippen LogP contribution in [-0.2, 0) is 19.1 Å². The van der Waals surface area contributed by atoms with Crippen molar-refractivity contribution in [1.29, 1.82) is 0 Å². The zero-order valence-corrected chi connectivity index (χ0v) is 26.9. The maximum atomic E-state index is 13.6. The quantitative estimate of drug-likeness (QED) is 0.240. The van der Waals surface area contributed by atoms with E-state index < -0.39 is 76.0 Å². The van der Waals surface area contributed by atoms with E-state index in [1.807, 2.05) is 0 Å². The second-order valence-corrected chi connectivity index (χ2v) is 12.8. The zero-order chi connectivity index (χ0) is 34.9. The number of carbonyl (C=O) groups excluding carboxylic acids is 8. The van der Waals surface area contributed by atoms with Crippen molar-refractivity contribution in [3.05, 3.63) is 69.8 Å². The van der Waals surface area contributed by atoms with E-state index >= 15 is 0 Å². The molecule has 0 bridgehead atoms. The Labute approximate surface area is 277 Å². The second-order valence-electron chi connectivity index (χ2n) is 12.8. The van der Waals surface area contributed by atoms with Crippen LogP contribution in [0.2, 0.25) is 0 Å². The van der Waals surface area contributed by atoms with E-state index in [1.54, 1.807) is 0 Å². The molecule has 4 unspecified atom stereocenters. The van der Waals surface area contributed by atoms with Crippen LogP contribution < -0.4 is 0 Å². The minimum atomic E-state index is -1.59. The summed E-state index contributed by atoms with van der Waals surface area (Å²) in [7, 11) is 2.23. The molecule has 2 N–H and O–H groups in total. The van der Waals surface area contributed by atoms with Gasteiger partial charge in [-0.25, -0.2) is 0 Å². The van der Waals surface area contributed by atoms with Gasteiger partial charge in [0.1, 0.15) is 11.8 Å². The summed E-state index contributed by atoms with van der Waals surface area (Å²) >= 11 is 0. The van der Waals surface area contributed by atoms with Crippen LogP contribution in [-0.4, -0.2) is 77.5 Å². The summed E-state index contributed by atoms with van der Waals surface area (Å²) in [4.78, 5) is 106. The zero-order valence-electron chi connectivity index (χ0n) is 26.9. The Morgan fingerprint density at radius 2 is 1.04 bits per heavy atom. The average Bonchev–Trinajstić information content (AvgIpc) is 3.53. The molecule has 0 heterocycles. The Hall–Kier alpha value is -4.48. The molecular weight excluding hydrogens is 620 g/mol. The largest absolute Gasteiger partial charge is 0.469 e. The number of benzene rings is 2. The summed E-state index contributed by atoms with van der Waals surface area (Å²) < 4.78 is 4.86. The number of rotatable bonds is 8. The van der Waals surface area contributed by atoms with Crippen molar-refractivity contribution in [3.63, 3.8) is 0 Å². The topological polar surface area (TPSA) is 186 Å². The van der Waals surface area contributed by atoms with Crippen LogP contribution in [0.4, 0.5) is 0 Å². The summed E-state index contributed by atoms with van der Waals surface area (Å²) in [6, 6.07) is 7.94. The summed E-state index contributed by atoms with van der Waals surface area (Å²) in [5, 5.41) is 16.8. The highest BCUT2D eigenvalue weighted by molar-refractivity contribution is 6.37. The van der Waals surface area contributed by atoms with E-state index in [0.29, 0.717) is 32.1 Å². The first-order valence-corrected chi connectivity index (χ1v) is 16.3. The van der Waals surface area contributed by atoms with Crippen molar-refractivity contribution in [2.75, 3.05) is 20.8 Å². The molecule has 48 heavy (non-hydrogen) atoms. The number of fused-ring (bicyclic) bond motifs is 2. The molecule has 0 amide bonds. The second kappa shape index (κ2) is 14.3. The van der Waals surface area contributed by atoms with Gasteiger partial charge in [-0.3, -0.25) is 38.4 Å². The van der Waals surface area contributed by atoms with Crippen LogP contribution in [0.5, 0.6) is 0 Å². The monoisotopic (exact) mass is 658 g/mol. The van der Waals surface area contributed by atoms with E-state index in [4.69, 9.17) is 9.84 Å². The molecule has 11 nitrogen and oxygen atoms in total.